The Bertz CT molecular complexity index is 298. The third kappa shape index (κ3) is 8.59. The molecule has 0 aliphatic carbocycles. The summed E-state index contributed by atoms with van der Waals surface area (Å²) in [5.74, 6) is -1.24. The van der Waals surface area contributed by atoms with Crippen LogP contribution in [0.2, 0.25) is 0 Å². The van der Waals surface area contributed by atoms with Gasteiger partial charge in [0.25, 0.3) is 0 Å². The minimum Gasteiger partial charge on any atom is -0.481 e. The molecule has 0 aliphatic rings. The van der Waals surface area contributed by atoms with E-state index in [-0.39, 0.29) is 29.7 Å². The zero-order valence-corrected chi connectivity index (χ0v) is 12.5. The van der Waals surface area contributed by atoms with Crippen LogP contribution in [0.1, 0.15) is 53.4 Å². The molecule has 0 bridgehead atoms. The zero-order chi connectivity index (χ0) is 15.1. The van der Waals surface area contributed by atoms with Gasteiger partial charge >= 0.3 is 5.97 Å². The van der Waals surface area contributed by atoms with Crippen molar-refractivity contribution in [1.29, 1.82) is 0 Å². The number of nitrogens with one attached hydrogen (secondary N) is 1. The van der Waals surface area contributed by atoms with Gasteiger partial charge in [-0.25, -0.2) is 0 Å². The molecule has 0 heterocycles. The van der Waals surface area contributed by atoms with Crippen molar-refractivity contribution in [3.63, 3.8) is 0 Å². The van der Waals surface area contributed by atoms with E-state index in [0.717, 1.165) is 12.8 Å². The van der Waals surface area contributed by atoms with Crippen LogP contribution >= 0.6 is 0 Å². The first-order valence-electron chi connectivity index (χ1n) is 6.91. The molecule has 0 spiro atoms. The number of hydrogen-bond acceptors (Lipinski definition) is 3. The molecule has 0 aliphatic heterocycles. The van der Waals surface area contributed by atoms with Gasteiger partial charge in [0.1, 0.15) is 0 Å². The van der Waals surface area contributed by atoms with Gasteiger partial charge in [-0.1, -0.05) is 34.1 Å². The monoisotopic (exact) mass is 272 g/mol. The smallest absolute Gasteiger partial charge is 0.305 e. The van der Waals surface area contributed by atoms with Crippen molar-refractivity contribution in [3.8, 4) is 0 Å². The molecule has 4 N–H and O–H groups in total. The third-order valence-electron chi connectivity index (χ3n) is 2.92. The van der Waals surface area contributed by atoms with Gasteiger partial charge in [0.2, 0.25) is 5.91 Å². The average molecular weight is 272 g/mol. The highest BCUT2D eigenvalue weighted by Gasteiger charge is 2.25. The summed E-state index contributed by atoms with van der Waals surface area (Å²) >= 11 is 0. The first-order chi connectivity index (χ1) is 8.69. The number of carboxylic acids is 1. The average Bonchev–Trinajstić information content (AvgIpc) is 2.21. The Morgan fingerprint density at radius 2 is 1.89 bits per heavy atom. The summed E-state index contributed by atoms with van der Waals surface area (Å²) in [5.41, 5.74) is 5.56. The number of carboxylic acid groups (broad SMARTS) is 1. The minimum absolute atomic E-state index is 0.0314. The highest BCUT2D eigenvalue weighted by molar-refractivity contribution is 5.80. The number of rotatable bonds is 8. The molecule has 0 saturated heterocycles. The minimum atomic E-state index is -0.894. The van der Waals surface area contributed by atoms with E-state index in [1.54, 1.807) is 0 Å². The zero-order valence-electron chi connectivity index (χ0n) is 12.5. The Balaban J connectivity index is 4.61. The van der Waals surface area contributed by atoms with Crippen LogP contribution in [0.5, 0.6) is 0 Å². The van der Waals surface area contributed by atoms with Gasteiger partial charge in [-0.3, -0.25) is 9.59 Å². The van der Waals surface area contributed by atoms with Crippen LogP contribution in [0.25, 0.3) is 0 Å². The molecule has 0 rings (SSSR count). The number of nitrogens with two attached hydrogens (primary N) is 1. The first kappa shape index (κ1) is 17.9. The Morgan fingerprint density at radius 3 is 2.26 bits per heavy atom. The fourth-order valence-electron chi connectivity index (χ4n) is 2.15. The van der Waals surface area contributed by atoms with Crippen LogP contribution in [0.3, 0.4) is 0 Å². The molecule has 0 fully saturated rings. The predicted molar refractivity (Wildman–Crippen MR) is 75.7 cm³/mol. The van der Waals surface area contributed by atoms with Crippen LogP contribution in [-0.4, -0.2) is 29.6 Å². The van der Waals surface area contributed by atoms with Gasteiger partial charge in [0, 0.05) is 12.6 Å². The van der Waals surface area contributed by atoms with Gasteiger partial charge in [0.15, 0.2) is 0 Å². The Labute approximate surface area is 115 Å². The molecule has 0 aromatic rings. The quantitative estimate of drug-likeness (QED) is 0.627. The summed E-state index contributed by atoms with van der Waals surface area (Å²) < 4.78 is 0. The van der Waals surface area contributed by atoms with Crippen molar-refractivity contribution >= 4 is 11.9 Å². The summed E-state index contributed by atoms with van der Waals surface area (Å²) in [6.45, 7) is 8.39. The Morgan fingerprint density at radius 1 is 1.32 bits per heavy atom. The van der Waals surface area contributed by atoms with E-state index in [0.29, 0.717) is 13.0 Å². The van der Waals surface area contributed by atoms with Gasteiger partial charge in [-0.15, -0.1) is 0 Å². The fraction of sp³-hybridized carbons (Fsp3) is 0.857. The van der Waals surface area contributed by atoms with E-state index < -0.39 is 5.97 Å². The molecule has 19 heavy (non-hydrogen) atoms. The molecule has 5 nitrogen and oxygen atoms in total. The molecule has 2 atom stereocenters. The van der Waals surface area contributed by atoms with Crippen molar-refractivity contribution in [2.45, 2.75) is 59.4 Å². The second-order valence-corrected chi connectivity index (χ2v) is 6.29. The lowest BCUT2D eigenvalue weighted by Crippen LogP contribution is -2.43. The van der Waals surface area contributed by atoms with Crippen LogP contribution < -0.4 is 11.1 Å². The number of carbonyl (C=O) groups is 2. The van der Waals surface area contributed by atoms with E-state index in [4.69, 9.17) is 10.8 Å². The van der Waals surface area contributed by atoms with E-state index >= 15 is 0 Å². The van der Waals surface area contributed by atoms with Crippen molar-refractivity contribution in [2.24, 2.45) is 17.1 Å². The maximum Gasteiger partial charge on any atom is 0.305 e. The predicted octanol–water partition coefficient (Wildman–Crippen LogP) is 1.76. The highest BCUT2D eigenvalue weighted by atomic mass is 16.4. The summed E-state index contributed by atoms with van der Waals surface area (Å²) in [6, 6.07) is -0.337. The van der Waals surface area contributed by atoms with Crippen molar-refractivity contribution < 1.29 is 14.7 Å². The van der Waals surface area contributed by atoms with E-state index in [9.17, 15) is 9.59 Å². The maximum absolute atomic E-state index is 12.1. The summed E-state index contributed by atoms with van der Waals surface area (Å²) in [4.78, 5) is 22.9. The lowest BCUT2D eigenvalue weighted by atomic mass is 9.86. The number of amides is 1. The molecule has 112 valence electrons. The van der Waals surface area contributed by atoms with Crippen LogP contribution in [0.15, 0.2) is 0 Å². The van der Waals surface area contributed by atoms with E-state index in [1.165, 1.54) is 0 Å². The lowest BCUT2D eigenvalue weighted by Gasteiger charge is -2.27. The van der Waals surface area contributed by atoms with Crippen LogP contribution in [0.4, 0.5) is 0 Å². The molecule has 2 unspecified atom stereocenters. The van der Waals surface area contributed by atoms with Gasteiger partial charge < -0.3 is 16.2 Å². The van der Waals surface area contributed by atoms with E-state index in [2.05, 4.69) is 5.32 Å². The summed E-state index contributed by atoms with van der Waals surface area (Å²) in [6.07, 6.45) is 2.21. The molecule has 0 saturated carbocycles. The molecule has 5 heteroatoms. The topological polar surface area (TPSA) is 92.4 Å². The first-order valence-corrected chi connectivity index (χ1v) is 6.91. The second-order valence-electron chi connectivity index (χ2n) is 6.29. The molecule has 1 amide bonds. The summed E-state index contributed by atoms with van der Waals surface area (Å²) in [5, 5.41) is 11.8. The molecule has 0 aromatic carbocycles. The fourth-order valence-corrected chi connectivity index (χ4v) is 2.15. The van der Waals surface area contributed by atoms with Crippen LogP contribution in [-0.2, 0) is 9.59 Å². The SMILES string of the molecule is CCCC(CN)C(=O)NC(CC(=O)O)CC(C)(C)C. The number of carbonyl (C=O) groups excluding carboxylic acids is 1. The second kappa shape index (κ2) is 8.15. The van der Waals surface area contributed by atoms with Gasteiger partial charge in [-0.05, 0) is 18.3 Å². The van der Waals surface area contributed by atoms with Crippen molar-refractivity contribution in [1.82, 2.24) is 5.32 Å². The number of hydrogen-bond donors (Lipinski definition) is 3. The maximum atomic E-state index is 12.1. The molecular formula is C14H28N2O3. The van der Waals surface area contributed by atoms with Crippen molar-refractivity contribution in [3.05, 3.63) is 0 Å². The van der Waals surface area contributed by atoms with Crippen molar-refractivity contribution in [2.75, 3.05) is 6.54 Å². The molecular weight excluding hydrogens is 244 g/mol. The Kier molecular flexibility index (Phi) is 7.68. The standard InChI is InChI=1S/C14H28N2O3/c1-5-6-10(9-15)13(19)16-11(7-12(17)18)8-14(2,3)4/h10-11H,5-9,15H2,1-4H3,(H,16,19)(H,17,18). The lowest BCUT2D eigenvalue weighted by molar-refractivity contribution is -0.138. The molecule has 0 radical (unpaired) electrons. The normalized spacial score (nSPS) is 14.8. The highest BCUT2D eigenvalue weighted by Crippen LogP contribution is 2.22. The van der Waals surface area contributed by atoms with Gasteiger partial charge in [-0.2, -0.15) is 0 Å². The van der Waals surface area contributed by atoms with Gasteiger partial charge in [0.05, 0.1) is 12.3 Å². The van der Waals surface area contributed by atoms with Crippen LogP contribution in [0, 0.1) is 11.3 Å². The van der Waals surface area contributed by atoms with E-state index in [1.807, 2.05) is 27.7 Å². The molecule has 0 aromatic heterocycles. The Hall–Kier alpha value is -1.10. The number of aliphatic carboxylic acids is 1. The third-order valence-corrected chi connectivity index (χ3v) is 2.92. The largest absolute Gasteiger partial charge is 0.481 e. The summed E-state index contributed by atoms with van der Waals surface area (Å²) in [7, 11) is 0.